The fraction of sp³-hybridized carbons (Fsp3) is 0.750. The minimum atomic E-state index is -4.12. The largest absolute Gasteiger partial charge is 0.394 e. The smallest absolute Gasteiger partial charge is 0.366 e. The van der Waals surface area contributed by atoms with E-state index in [1.165, 1.54) is 6.08 Å². The van der Waals surface area contributed by atoms with Gasteiger partial charge in [-0.2, -0.15) is 13.2 Å². The summed E-state index contributed by atoms with van der Waals surface area (Å²) in [7, 11) is 0. The Morgan fingerprint density at radius 3 is 2.08 bits per heavy atom. The lowest BCUT2D eigenvalue weighted by molar-refractivity contribution is -0.188. The summed E-state index contributed by atoms with van der Waals surface area (Å²) in [4.78, 5) is 0. The first-order valence-electron chi connectivity index (χ1n) is 3.90. The molecule has 2 aliphatic rings. The van der Waals surface area contributed by atoms with Crippen LogP contribution in [0.4, 0.5) is 13.2 Å². The van der Waals surface area contributed by atoms with Gasteiger partial charge in [-0.05, 0) is 0 Å². The van der Waals surface area contributed by atoms with Gasteiger partial charge in [0, 0.05) is 5.92 Å². The van der Waals surface area contributed by atoms with E-state index in [9.17, 15) is 13.2 Å². The zero-order valence-electron chi connectivity index (χ0n) is 6.51. The molecule has 2 aliphatic heterocycles. The van der Waals surface area contributed by atoms with Crippen LogP contribution in [0.2, 0.25) is 0 Å². The molecule has 1 fully saturated rings. The Morgan fingerprint density at radius 2 is 1.75 bits per heavy atom. The molecule has 0 aromatic carbocycles. The van der Waals surface area contributed by atoms with Crippen molar-refractivity contribution in [3.8, 4) is 0 Å². The van der Waals surface area contributed by atoms with Crippen molar-refractivity contribution in [1.29, 1.82) is 0 Å². The Hall–Kier alpha value is -0.510. The lowest BCUT2D eigenvalue weighted by atomic mass is 9.84. The number of rotatable bonds is 0. The molecule has 0 radical (unpaired) electrons. The standard InChI is InChI=1S/C8H9F3O/c1-4-5-2-3-6(12-5)7(4)8(9,10)11/h2-7H,1H3. The predicted molar refractivity (Wildman–Crippen MR) is 36.5 cm³/mol. The average Bonchev–Trinajstić information content (AvgIpc) is 2.42. The van der Waals surface area contributed by atoms with Crippen molar-refractivity contribution in [2.75, 3.05) is 0 Å². The SMILES string of the molecule is CC1C2C=CC(O2)C1C(F)(F)F. The molecule has 1 nitrogen and oxygen atoms in total. The van der Waals surface area contributed by atoms with Crippen molar-refractivity contribution in [2.45, 2.75) is 25.3 Å². The molecule has 2 rings (SSSR count). The van der Waals surface area contributed by atoms with E-state index in [0.29, 0.717) is 0 Å². The minimum absolute atomic E-state index is 0.318. The molecule has 0 amide bonds. The van der Waals surface area contributed by atoms with Gasteiger partial charge in [-0.1, -0.05) is 19.1 Å². The van der Waals surface area contributed by atoms with Gasteiger partial charge in [-0.25, -0.2) is 0 Å². The third-order valence-electron chi connectivity index (χ3n) is 2.62. The fourth-order valence-corrected chi connectivity index (χ4v) is 1.98. The first-order valence-corrected chi connectivity index (χ1v) is 3.90. The van der Waals surface area contributed by atoms with Crippen LogP contribution in [0.5, 0.6) is 0 Å². The Bertz CT molecular complexity index is 221. The zero-order valence-corrected chi connectivity index (χ0v) is 6.51. The van der Waals surface area contributed by atoms with Gasteiger partial charge in [0.05, 0.1) is 18.1 Å². The predicted octanol–water partition coefficient (Wildman–Crippen LogP) is 2.14. The lowest BCUT2D eigenvalue weighted by Gasteiger charge is -2.23. The van der Waals surface area contributed by atoms with Crippen molar-refractivity contribution in [3.05, 3.63) is 12.2 Å². The summed E-state index contributed by atoms with van der Waals surface area (Å²) in [6.07, 6.45) is -1.93. The summed E-state index contributed by atoms with van der Waals surface area (Å²) in [5.41, 5.74) is 0. The topological polar surface area (TPSA) is 9.23 Å². The van der Waals surface area contributed by atoms with E-state index >= 15 is 0 Å². The second-order valence-electron chi connectivity index (χ2n) is 3.38. The first-order chi connectivity index (χ1) is 5.50. The second-order valence-corrected chi connectivity index (χ2v) is 3.38. The number of alkyl halides is 3. The van der Waals surface area contributed by atoms with Gasteiger partial charge in [0.15, 0.2) is 0 Å². The summed E-state index contributed by atoms with van der Waals surface area (Å²) in [5.74, 6) is -1.73. The highest BCUT2D eigenvalue weighted by atomic mass is 19.4. The number of ether oxygens (including phenoxy) is 1. The third-order valence-corrected chi connectivity index (χ3v) is 2.62. The first kappa shape index (κ1) is 8.10. The van der Waals surface area contributed by atoms with Crippen LogP contribution in [0.25, 0.3) is 0 Å². The normalized spacial score (nSPS) is 45.7. The van der Waals surface area contributed by atoms with E-state index in [-0.39, 0.29) is 6.10 Å². The quantitative estimate of drug-likeness (QED) is 0.516. The van der Waals surface area contributed by atoms with Crippen LogP contribution in [0.3, 0.4) is 0 Å². The van der Waals surface area contributed by atoms with Crippen LogP contribution in [0.15, 0.2) is 12.2 Å². The van der Waals surface area contributed by atoms with Gasteiger partial charge < -0.3 is 4.74 Å². The Balaban J connectivity index is 2.24. The summed E-state index contributed by atoms with van der Waals surface area (Å²) in [6, 6.07) is 0. The monoisotopic (exact) mass is 178 g/mol. The summed E-state index contributed by atoms with van der Waals surface area (Å²) >= 11 is 0. The van der Waals surface area contributed by atoms with Gasteiger partial charge in [0.2, 0.25) is 0 Å². The van der Waals surface area contributed by atoms with Crippen molar-refractivity contribution in [3.63, 3.8) is 0 Å². The van der Waals surface area contributed by atoms with Gasteiger partial charge in [-0.15, -0.1) is 0 Å². The van der Waals surface area contributed by atoms with Crippen LogP contribution in [-0.4, -0.2) is 18.4 Å². The summed E-state index contributed by atoms with van der Waals surface area (Å²) in [6.45, 7) is 1.59. The lowest BCUT2D eigenvalue weighted by Crippen LogP contribution is -2.35. The summed E-state index contributed by atoms with van der Waals surface area (Å²) in [5, 5.41) is 0. The van der Waals surface area contributed by atoms with Gasteiger partial charge in [0.25, 0.3) is 0 Å². The minimum Gasteiger partial charge on any atom is -0.366 e. The molecule has 0 N–H and O–H groups in total. The molecular formula is C8H9F3O. The molecule has 4 atom stereocenters. The Morgan fingerprint density at radius 1 is 1.17 bits per heavy atom. The maximum atomic E-state index is 12.4. The van der Waals surface area contributed by atoms with Gasteiger partial charge >= 0.3 is 6.18 Å². The summed E-state index contributed by atoms with van der Waals surface area (Å²) < 4.78 is 42.2. The number of fused-ring (bicyclic) bond motifs is 2. The molecule has 4 heteroatoms. The second kappa shape index (κ2) is 2.25. The van der Waals surface area contributed by atoms with Crippen LogP contribution in [0, 0.1) is 11.8 Å². The van der Waals surface area contributed by atoms with E-state index < -0.39 is 24.1 Å². The average molecular weight is 178 g/mol. The number of hydrogen-bond acceptors (Lipinski definition) is 1. The van der Waals surface area contributed by atoms with Crippen molar-refractivity contribution in [2.24, 2.45) is 11.8 Å². The van der Waals surface area contributed by atoms with E-state index in [1.54, 1.807) is 13.0 Å². The third kappa shape index (κ3) is 0.975. The molecule has 2 heterocycles. The van der Waals surface area contributed by atoms with Crippen molar-refractivity contribution >= 4 is 0 Å². The van der Waals surface area contributed by atoms with Gasteiger partial charge in [-0.3, -0.25) is 0 Å². The highest BCUT2D eigenvalue weighted by Crippen LogP contribution is 2.46. The molecule has 68 valence electrons. The molecule has 0 spiro atoms. The van der Waals surface area contributed by atoms with E-state index in [4.69, 9.17) is 4.74 Å². The van der Waals surface area contributed by atoms with Crippen LogP contribution in [-0.2, 0) is 4.74 Å². The van der Waals surface area contributed by atoms with E-state index in [2.05, 4.69) is 0 Å². The Labute approximate surface area is 68.2 Å². The number of halogens is 3. The highest BCUT2D eigenvalue weighted by Gasteiger charge is 2.56. The molecule has 12 heavy (non-hydrogen) atoms. The van der Waals surface area contributed by atoms with Crippen LogP contribution < -0.4 is 0 Å². The van der Waals surface area contributed by atoms with E-state index in [0.717, 1.165) is 0 Å². The molecule has 0 aromatic heterocycles. The molecular weight excluding hydrogens is 169 g/mol. The van der Waals surface area contributed by atoms with Crippen molar-refractivity contribution in [1.82, 2.24) is 0 Å². The van der Waals surface area contributed by atoms with Crippen molar-refractivity contribution < 1.29 is 17.9 Å². The molecule has 0 saturated carbocycles. The maximum absolute atomic E-state index is 12.4. The van der Waals surface area contributed by atoms with Crippen LogP contribution in [0.1, 0.15) is 6.92 Å². The molecule has 0 aliphatic carbocycles. The van der Waals surface area contributed by atoms with Crippen LogP contribution >= 0.6 is 0 Å². The molecule has 1 saturated heterocycles. The maximum Gasteiger partial charge on any atom is 0.394 e. The van der Waals surface area contributed by atoms with E-state index in [1.807, 2.05) is 0 Å². The zero-order chi connectivity index (χ0) is 8.93. The molecule has 2 bridgehead atoms. The fourth-order valence-electron chi connectivity index (χ4n) is 1.98. The number of hydrogen-bond donors (Lipinski definition) is 0. The Kier molecular flexibility index (Phi) is 1.52. The highest BCUT2D eigenvalue weighted by molar-refractivity contribution is 5.14. The molecule has 0 aromatic rings. The molecule has 4 unspecified atom stereocenters. The van der Waals surface area contributed by atoms with Gasteiger partial charge in [0.1, 0.15) is 0 Å².